The van der Waals surface area contributed by atoms with Gasteiger partial charge in [-0.2, -0.15) is 10.4 Å². The zero-order valence-electron chi connectivity index (χ0n) is 14.1. The number of hydrogen-bond donors (Lipinski definition) is 1. The highest BCUT2D eigenvalue weighted by Gasteiger charge is 2.06. The molecule has 0 saturated heterocycles. The molecule has 1 N–H and O–H groups in total. The highest BCUT2D eigenvalue weighted by molar-refractivity contribution is 9.10. The van der Waals surface area contributed by atoms with Gasteiger partial charge in [-0.3, -0.25) is 4.79 Å². The lowest BCUT2D eigenvalue weighted by atomic mass is 10.2. The van der Waals surface area contributed by atoms with Gasteiger partial charge in [0.05, 0.1) is 11.8 Å². The minimum Gasteiger partial charge on any atom is -0.482 e. The summed E-state index contributed by atoms with van der Waals surface area (Å²) in [6.45, 7) is -0.252. The van der Waals surface area contributed by atoms with Gasteiger partial charge in [0.1, 0.15) is 23.3 Å². The Labute approximate surface area is 164 Å². The number of para-hydroxylation sites is 1. The molecule has 134 valence electrons. The molecule has 6 nitrogen and oxygen atoms in total. The fourth-order valence-electron chi connectivity index (χ4n) is 2.22. The second kappa shape index (κ2) is 8.83. The molecule has 0 aliphatic heterocycles. The van der Waals surface area contributed by atoms with E-state index in [1.807, 2.05) is 36.4 Å². The van der Waals surface area contributed by atoms with Gasteiger partial charge in [-0.15, -0.1) is 0 Å². The van der Waals surface area contributed by atoms with Crippen molar-refractivity contribution in [1.29, 1.82) is 5.26 Å². The van der Waals surface area contributed by atoms with Gasteiger partial charge in [0.25, 0.3) is 5.91 Å². The van der Waals surface area contributed by atoms with Crippen LogP contribution in [0, 0.1) is 11.3 Å². The predicted octanol–water partition coefficient (Wildman–Crippen LogP) is 4.11. The Morgan fingerprint density at radius 1 is 1.19 bits per heavy atom. The van der Waals surface area contributed by atoms with Crippen LogP contribution < -0.4 is 10.2 Å². The molecule has 0 unspecified atom stereocenters. The summed E-state index contributed by atoms with van der Waals surface area (Å²) in [6, 6.07) is 20.0. The second-order valence-corrected chi connectivity index (χ2v) is 6.31. The van der Waals surface area contributed by atoms with E-state index in [1.54, 1.807) is 30.3 Å². The second-order valence-electron chi connectivity index (χ2n) is 5.40. The van der Waals surface area contributed by atoms with E-state index in [9.17, 15) is 4.79 Å². The van der Waals surface area contributed by atoms with Crippen molar-refractivity contribution in [2.45, 2.75) is 0 Å². The lowest BCUT2D eigenvalue weighted by Gasteiger charge is -2.05. The average Bonchev–Trinajstić information content (AvgIpc) is 3.16. The summed E-state index contributed by atoms with van der Waals surface area (Å²) in [5, 5.41) is 12.8. The zero-order valence-corrected chi connectivity index (χ0v) is 15.6. The summed E-state index contributed by atoms with van der Waals surface area (Å²) in [4.78, 5) is 11.8. The maximum atomic E-state index is 11.8. The SMILES string of the molecule is N#Cc1ccccc1OCC(=O)N/N=C/c1ccc(-c2ccc(Br)cc2)o1. The number of carbonyl (C=O) groups is 1. The summed E-state index contributed by atoms with van der Waals surface area (Å²) in [5.74, 6) is 1.11. The van der Waals surface area contributed by atoms with Crippen molar-refractivity contribution in [3.05, 3.63) is 76.5 Å². The molecule has 7 heteroatoms. The minimum absolute atomic E-state index is 0.252. The van der Waals surface area contributed by atoms with Crippen LogP contribution in [0.25, 0.3) is 11.3 Å². The van der Waals surface area contributed by atoms with Gasteiger partial charge in [-0.25, -0.2) is 5.43 Å². The molecule has 0 bridgehead atoms. The molecule has 1 amide bonds. The Morgan fingerprint density at radius 2 is 1.96 bits per heavy atom. The Kier molecular flexibility index (Phi) is 6.02. The average molecular weight is 424 g/mol. The fourth-order valence-corrected chi connectivity index (χ4v) is 2.48. The highest BCUT2D eigenvalue weighted by Crippen LogP contribution is 2.23. The van der Waals surface area contributed by atoms with E-state index in [4.69, 9.17) is 14.4 Å². The van der Waals surface area contributed by atoms with Crippen molar-refractivity contribution in [3.63, 3.8) is 0 Å². The van der Waals surface area contributed by atoms with Gasteiger partial charge in [0, 0.05) is 10.0 Å². The molecule has 1 heterocycles. The number of nitrogens with one attached hydrogen (secondary N) is 1. The first-order chi connectivity index (χ1) is 13.2. The van der Waals surface area contributed by atoms with Crippen LogP contribution in [0.15, 0.2) is 74.7 Å². The van der Waals surface area contributed by atoms with Crippen molar-refractivity contribution < 1.29 is 13.9 Å². The van der Waals surface area contributed by atoms with Crippen molar-refractivity contribution in [1.82, 2.24) is 5.43 Å². The molecule has 1 aromatic heterocycles. The molecular formula is C20H14BrN3O3. The number of furan rings is 1. The number of rotatable bonds is 6. The van der Waals surface area contributed by atoms with Crippen LogP contribution in [0.3, 0.4) is 0 Å². The van der Waals surface area contributed by atoms with Crippen LogP contribution in [0.1, 0.15) is 11.3 Å². The summed E-state index contributed by atoms with van der Waals surface area (Å²) in [7, 11) is 0. The van der Waals surface area contributed by atoms with E-state index < -0.39 is 5.91 Å². The third-order valence-electron chi connectivity index (χ3n) is 3.50. The smallest absolute Gasteiger partial charge is 0.277 e. The molecule has 0 radical (unpaired) electrons. The number of ether oxygens (including phenoxy) is 1. The van der Waals surface area contributed by atoms with Crippen molar-refractivity contribution in [2.75, 3.05) is 6.61 Å². The Hall–Kier alpha value is -3.37. The molecule has 3 aromatic rings. The van der Waals surface area contributed by atoms with Crippen LogP contribution in [0.4, 0.5) is 0 Å². The maximum absolute atomic E-state index is 11.8. The van der Waals surface area contributed by atoms with E-state index in [1.165, 1.54) is 6.21 Å². The predicted molar refractivity (Wildman–Crippen MR) is 104 cm³/mol. The quantitative estimate of drug-likeness (QED) is 0.477. The normalized spacial score (nSPS) is 10.5. The molecule has 0 saturated carbocycles. The Morgan fingerprint density at radius 3 is 2.74 bits per heavy atom. The summed E-state index contributed by atoms with van der Waals surface area (Å²) in [5.41, 5.74) is 3.65. The number of amides is 1. The number of benzene rings is 2. The zero-order chi connectivity index (χ0) is 19.1. The first-order valence-corrected chi connectivity index (χ1v) is 8.74. The summed E-state index contributed by atoms with van der Waals surface area (Å²) >= 11 is 3.39. The van der Waals surface area contributed by atoms with Crippen molar-refractivity contribution in [3.8, 4) is 23.1 Å². The van der Waals surface area contributed by atoms with Crippen molar-refractivity contribution in [2.24, 2.45) is 5.10 Å². The van der Waals surface area contributed by atoms with E-state index in [0.29, 0.717) is 22.8 Å². The topological polar surface area (TPSA) is 87.6 Å². The number of hydrogen-bond acceptors (Lipinski definition) is 5. The van der Waals surface area contributed by atoms with E-state index in [2.05, 4.69) is 26.5 Å². The molecular weight excluding hydrogens is 410 g/mol. The molecule has 0 aliphatic carbocycles. The van der Waals surface area contributed by atoms with Gasteiger partial charge in [0.2, 0.25) is 0 Å². The van der Waals surface area contributed by atoms with Gasteiger partial charge < -0.3 is 9.15 Å². The standard InChI is InChI=1S/C20H14BrN3O3/c21-16-7-5-14(6-8-16)19-10-9-17(27-19)12-23-24-20(25)13-26-18-4-2-1-3-15(18)11-22/h1-10,12H,13H2,(H,24,25)/b23-12+. The molecule has 3 rings (SSSR count). The van der Waals surface area contributed by atoms with E-state index in [-0.39, 0.29) is 6.61 Å². The molecule has 0 fully saturated rings. The summed E-state index contributed by atoms with van der Waals surface area (Å²) in [6.07, 6.45) is 1.41. The van der Waals surface area contributed by atoms with Crippen molar-refractivity contribution >= 4 is 28.1 Å². The molecule has 0 aliphatic rings. The molecule has 2 aromatic carbocycles. The fraction of sp³-hybridized carbons (Fsp3) is 0.0500. The van der Waals surface area contributed by atoms with Gasteiger partial charge in [-0.1, -0.05) is 40.2 Å². The monoisotopic (exact) mass is 423 g/mol. The third-order valence-corrected chi connectivity index (χ3v) is 4.03. The number of nitriles is 1. The first-order valence-electron chi connectivity index (χ1n) is 7.95. The lowest BCUT2D eigenvalue weighted by molar-refractivity contribution is -0.123. The number of halogens is 1. The Bertz CT molecular complexity index is 1000. The number of carbonyl (C=O) groups excluding carboxylic acids is 1. The van der Waals surface area contributed by atoms with E-state index in [0.717, 1.165) is 10.0 Å². The van der Waals surface area contributed by atoms with Crippen LogP contribution in [0.2, 0.25) is 0 Å². The maximum Gasteiger partial charge on any atom is 0.277 e. The number of nitrogens with zero attached hydrogens (tertiary/aromatic N) is 2. The first kappa shape index (κ1) is 18.4. The van der Waals surface area contributed by atoms with Gasteiger partial charge >= 0.3 is 0 Å². The molecule has 27 heavy (non-hydrogen) atoms. The molecule has 0 spiro atoms. The number of hydrazone groups is 1. The van der Waals surface area contributed by atoms with Gasteiger partial charge in [-0.05, 0) is 36.4 Å². The van der Waals surface area contributed by atoms with Crippen LogP contribution in [-0.4, -0.2) is 18.7 Å². The minimum atomic E-state index is -0.446. The third kappa shape index (κ3) is 5.06. The lowest BCUT2D eigenvalue weighted by Crippen LogP contribution is -2.24. The summed E-state index contributed by atoms with van der Waals surface area (Å²) < 4.78 is 12.0. The van der Waals surface area contributed by atoms with Gasteiger partial charge in [0.15, 0.2) is 6.61 Å². The largest absolute Gasteiger partial charge is 0.482 e. The van der Waals surface area contributed by atoms with Crippen LogP contribution >= 0.6 is 15.9 Å². The Balaban J connectivity index is 1.52. The van der Waals surface area contributed by atoms with E-state index >= 15 is 0 Å². The highest BCUT2D eigenvalue weighted by atomic mass is 79.9. The van der Waals surface area contributed by atoms with Crippen LogP contribution in [0.5, 0.6) is 5.75 Å². The van der Waals surface area contributed by atoms with Crippen LogP contribution in [-0.2, 0) is 4.79 Å². The molecule has 0 atom stereocenters.